The smallest absolute Gasteiger partial charge is 0.261 e. The van der Waals surface area contributed by atoms with Crippen molar-refractivity contribution < 1.29 is 9.18 Å². The van der Waals surface area contributed by atoms with E-state index in [1.165, 1.54) is 13.8 Å². The number of hydrogen-bond donors (Lipinski definition) is 1. The summed E-state index contributed by atoms with van der Waals surface area (Å²) in [6.07, 6.45) is 0. The molecule has 0 bridgehead atoms. The van der Waals surface area contributed by atoms with Crippen LogP contribution in [0.3, 0.4) is 0 Å². The molecule has 0 fully saturated rings. The molecule has 0 unspecified atom stereocenters. The van der Waals surface area contributed by atoms with Crippen molar-refractivity contribution in [3.8, 4) is 0 Å². The van der Waals surface area contributed by atoms with Crippen LogP contribution in [-0.4, -0.2) is 11.6 Å². The number of amides is 1. The molecule has 0 saturated heterocycles. The van der Waals surface area contributed by atoms with Gasteiger partial charge in [-0.05, 0) is 61.1 Å². The van der Waals surface area contributed by atoms with E-state index >= 15 is 0 Å². The van der Waals surface area contributed by atoms with Gasteiger partial charge < -0.3 is 5.32 Å². The summed E-state index contributed by atoms with van der Waals surface area (Å²) in [5.74, 6) is -0.623. The van der Waals surface area contributed by atoms with Crippen LogP contribution in [0, 0.1) is 10.5 Å². The van der Waals surface area contributed by atoms with Gasteiger partial charge in [-0.1, -0.05) is 6.07 Å². The highest BCUT2D eigenvalue weighted by molar-refractivity contribution is 14.1. The second-order valence-corrected chi connectivity index (χ2v) is 5.05. The van der Waals surface area contributed by atoms with E-state index in [0.29, 0.717) is 5.69 Å². The Morgan fingerprint density at radius 2 is 2.07 bits per heavy atom. The fourth-order valence-corrected chi connectivity index (χ4v) is 1.47. The number of rotatable bonds is 2. The second kappa shape index (κ2) is 4.47. The van der Waals surface area contributed by atoms with Crippen molar-refractivity contribution in [2.45, 2.75) is 26.4 Å². The Hall–Kier alpha value is -0.650. The lowest BCUT2D eigenvalue weighted by molar-refractivity contribution is -0.125. The third kappa shape index (κ3) is 3.44. The van der Waals surface area contributed by atoms with Gasteiger partial charge >= 0.3 is 0 Å². The Morgan fingerprint density at radius 3 is 2.53 bits per heavy atom. The normalized spacial score (nSPS) is 11.3. The molecule has 0 aromatic heterocycles. The van der Waals surface area contributed by atoms with E-state index in [-0.39, 0.29) is 0 Å². The Balaban J connectivity index is 2.83. The number of carbonyl (C=O) groups is 1. The number of anilines is 1. The molecule has 0 spiro atoms. The standard InChI is InChI=1S/C11H13FINO/c1-7-4-5-8(6-9(7)13)14-10(15)11(2,3)12/h4-6H,1-3H3,(H,14,15). The molecule has 82 valence electrons. The van der Waals surface area contributed by atoms with Gasteiger partial charge in [-0.2, -0.15) is 0 Å². The molecule has 2 nitrogen and oxygen atoms in total. The molecular weight excluding hydrogens is 308 g/mol. The molecule has 1 aromatic carbocycles. The summed E-state index contributed by atoms with van der Waals surface area (Å²) in [4.78, 5) is 11.3. The molecule has 0 aliphatic carbocycles. The summed E-state index contributed by atoms with van der Waals surface area (Å²) in [6.45, 7) is 4.45. The average molecular weight is 321 g/mol. The first-order valence-corrected chi connectivity index (χ1v) is 5.65. The number of halogens is 2. The van der Waals surface area contributed by atoms with E-state index < -0.39 is 11.6 Å². The molecule has 0 saturated carbocycles. The van der Waals surface area contributed by atoms with Crippen molar-refractivity contribution in [1.29, 1.82) is 0 Å². The van der Waals surface area contributed by atoms with Crippen molar-refractivity contribution in [2.24, 2.45) is 0 Å². The largest absolute Gasteiger partial charge is 0.323 e. The zero-order chi connectivity index (χ0) is 11.6. The van der Waals surface area contributed by atoms with Crippen LogP contribution in [-0.2, 0) is 4.79 Å². The second-order valence-electron chi connectivity index (χ2n) is 3.89. The maximum absolute atomic E-state index is 13.2. The van der Waals surface area contributed by atoms with E-state index in [1.54, 1.807) is 6.07 Å². The zero-order valence-corrected chi connectivity index (χ0v) is 11.1. The number of aryl methyl sites for hydroxylation is 1. The first-order valence-electron chi connectivity index (χ1n) is 4.57. The summed E-state index contributed by atoms with van der Waals surface area (Å²) in [5, 5.41) is 2.53. The number of nitrogens with one attached hydrogen (secondary N) is 1. The van der Waals surface area contributed by atoms with Crippen LogP contribution in [0.25, 0.3) is 0 Å². The van der Waals surface area contributed by atoms with Crippen molar-refractivity contribution >= 4 is 34.2 Å². The highest BCUT2D eigenvalue weighted by atomic mass is 127. The molecule has 0 aliphatic heterocycles. The summed E-state index contributed by atoms with van der Waals surface area (Å²) in [7, 11) is 0. The summed E-state index contributed by atoms with van der Waals surface area (Å²) in [6, 6.07) is 5.48. The van der Waals surface area contributed by atoms with Crippen LogP contribution in [0.4, 0.5) is 10.1 Å². The molecule has 1 aromatic rings. The lowest BCUT2D eigenvalue weighted by atomic mass is 10.1. The SMILES string of the molecule is Cc1ccc(NC(=O)C(C)(C)F)cc1I. The Morgan fingerprint density at radius 1 is 1.47 bits per heavy atom. The van der Waals surface area contributed by atoms with Crippen LogP contribution in [0.2, 0.25) is 0 Å². The summed E-state index contributed by atoms with van der Waals surface area (Å²) in [5.41, 5.74) is -0.0927. The lowest BCUT2D eigenvalue weighted by Gasteiger charge is -2.14. The third-order valence-corrected chi connectivity index (χ3v) is 3.13. The molecule has 1 rings (SSSR count). The predicted molar refractivity (Wildman–Crippen MR) is 67.7 cm³/mol. The van der Waals surface area contributed by atoms with Crippen LogP contribution < -0.4 is 5.32 Å². The molecule has 1 N–H and O–H groups in total. The van der Waals surface area contributed by atoms with Crippen LogP contribution in [0.15, 0.2) is 18.2 Å². The van der Waals surface area contributed by atoms with Gasteiger partial charge in [0.05, 0.1) is 0 Å². The van der Waals surface area contributed by atoms with E-state index in [0.717, 1.165) is 9.13 Å². The highest BCUT2D eigenvalue weighted by Gasteiger charge is 2.26. The van der Waals surface area contributed by atoms with Gasteiger partial charge in [0.25, 0.3) is 5.91 Å². The monoisotopic (exact) mass is 321 g/mol. The fraction of sp³-hybridized carbons (Fsp3) is 0.364. The molecular formula is C11H13FINO. The van der Waals surface area contributed by atoms with E-state index in [9.17, 15) is 9.18 Å². The van der Waals surface area contributed by atoms with Gasteiger partial charge in [0, 0.05) is 9.26 Å². The maximum Gasteiger partial charge on any atom is 0.261 e. The summed E-state index contributed by atoms with van der Waals surface area (Å²) >= 11 is 2.17. The first kappa shape index (κ1) is 12.4. The topological polar surface area (TPSA) is 29.1 Å². The molecule has 0 radical (unpaired) electrons. The summed E-state index contributed by atoms with van der Waals surface area (Å²) < 4.78 is 14.3. The lowest BCUT2D eigenvalue weighted by Crippen LogP contribution is -2.32. The average Bonchev–Trinajstić information content (AvgIpc) is 2.10. The molecule has 15 heavy (non-hydrogen) atoms. The van der Waals surface area contributed by atoms with E-state index in [1.807, 2.05) is 19.1 Å². The van der Waals surface area contributed by atoms with Gasteiger partial charge in [-0.25, -0.2) is 4.39 Å². The Bertz CT molecular complexity index is 385. The number of alkyl halides is 1. The van der Waals surface area contributed by atoms with Crippen molar-refractivity contribution in [1.82, 2.24) is 0 Å². The molecule has 0 aliphatic rings. The van der Waals surface area contributed by atoms with E-state index in [4.69, 9.17) is 0 Å². The van der Waals surface area contributed by atoms with Crippen molar-refractivity contribution in [3.05, 3.63) is 27.3 Å². The number of carbonyl (C=O) groups excluding carboxylic acids is 1. The minimum atomic E-state index is -1.85. The van der Waals surface area contributed by atoms with Crippen LogP contribution >= 0.6 is 22.6 Å². The van der Waals surface area contributed by atoms with Gasteiger partial charge in [0.2, 0.25) is 0 Å². The Kier molecular flexibility index (Phi) is 3.70. The molecule has 0 heterocycles. The van der Waals surface area contributed by atoms with E-state index in [2.05, 4.69) is 27.9 Å². The highest BCUT2D eigenvalue weighted by Crippen LogP contribution is 2.19. The molecule has 1 amide bonds. The predicted octanol–water partition coefficient (Wildman–Crippen LogP) is 3.29. The van der Waals surface area contributed by atoms with Gasteiger partial charge in [0.1, 0.15) is 0 Å². The maximum atomic E-state index is 13.2. The fourth-order valence-electron chi connectivity index (χ4n) is 0.950. The molecule has 0 atom stereocenters. The van der Waals surface area contributed by atoms with Crippen molar-refractivity contribution in [2.75, 3.05) is 5.32 Å². The molecule has 4 heteroatoms. The number of benzene rings is 1. The van der Waals surface area contributed by atoms with Gasteiger partial charge in [-0.15, -0.1) is 0 Å². The van der Waals surface area contributed by atoms with Crippen molar-refractivity contribution in [3.63, 3.8) is 0 Å². The third-order valence-electron chi connectivity index (χ3n) is 1.97. The van der Waals surface area contributed by atoms with Gasteiger partial charge in [-0.3, -0.25) is 4.79 Å². The zero-order valence-electron chi connectivity index (χ0n) is 8.90. The quantitative estimate of drug-likeness (QED) is 0.832. The van der Waals surface area contributed by atoms with Crippen LogP contribution in [0.1, 0.15) is 19.4 Å². The minimum Gasteiger partial charge on any atom is -0.323 e. The number of hydrogen-bond acceptors (Lipinski definition) is 1. The first-order chi connectivity index (χ1) is 6.80. The Labute approximate surface area is 102 Å². The minimum absolute atomic E-state index is 0.623. The van der Waals surface area contributed by atoms with Gasteiger partial charge in [0.15, 0.2) is 5.67 Å². The van der Waals surface area contributed by atoms with Crippen LogP contribution in [0.5, 0.6) is 0 Å².